The molecule has 0 saturated carbocycles. The van der Waals surface area contributed by atoms with E-state index in [0.717, 1.165) is 0 Å². The fourth-order valence-electron chi connectivity index (χ4n) is 1.40. The molecule has 0 atom stereocenters. The van der Waals surface area contributed by atoms with E-state index in [1.165, 1.54) is 12.4 Å². The summed E-state index contributed by atoms with van der Waals surface area (Å²) in [5.41, 5.74) is 5.68. The fourth-order valence-corrected chi connectivity index (χ4v) is 1.40. The van der Waals surface area contributed by atoms with Crippen LogP contribution in [0.15, 0.2) is 12.4 Å². The van der Waals surface area contributed by atoms with Gasteiger partial charge in [-0.1, -0.05) is 0 Å². The Morgan fingerprint density at radius 3 is 2.82 bits per heavy atom. The number of hydrogen-bond donors (Lipinski definition) is 1. The van der Waals surface area contributed by atoms with E-state index in [2.05, 4.69) is 9.97 Å². The third-order valence-electron chi connectivity index (χ3n) is 2.22. The summed E-state index contributed by atoms with van der Waals surface area (Å²) in [6.07, 6.45) is 3.05. The summed E-state index contributed by atoms with van der Waals surface area (Å²) in [5, 5.41) is 8.56. The zero-order valence-electron chi connectivity index (χ0n) is 9.92. The summed E-state index contributed by atoms with van der Waals surface area (Å²) >= 11 is 0. The zero-order valence-corrected chi connectivity index (χ0v) is 9.92. The molecule has 0 unspecified atom stereocenters. The van der Waals surface area contributed by atoms with E-state index in [1.807, 2.05) is 19.9 Å². The van der Waals surface area contributed by atoms with Crippen molar-refractivity contribution in [3.05, 3.63) is 18.1 Å². The van der Waals surface area contributed by atoms with Gasteiger partial charge in [0.1, 0.15) is 11.5 Å². The van der Waals surface area contributed by atoms with Crippen LogP contribution in [0.4, 0.5) is 5.82 Å². The van der Waals surface area contributed by atoms with Crippen LogP contribution in [0.25, 0.3) is 0 Å². The highest BCUT2D eigenvalue weighted by atomic mass is 16.2. The summed E-state index contributed by atoms with van der Waals surface area (Å²) in [5.74, 6) is -0.0464. The molecule has 90 valence electrons. The second-order valence-corrected chi connectivity index (χ2v) is 3.83. The number of aromatic nitrogens is 2. The number of nitrogens with two attached hydrogens (primary N) is 1. The predicted octanol–water partition coefficient (Wildman–Crippen LogP) is 0.823. The van der Waals surface area contributed by atoms with Crippen molar-refractivity contribution in [1.82, 2.24) is 14.9 Å². The van der Waals surface area contributed by atoms with Crippen molar-refractivity contribution in [1.29, 1.82) is 5.26 Å². The maximum absolute atomic E-state index is 12.1. The van der Waals surface area contributed by atoms with Crippen molar-refractivity contribution < 1.29 is 4.79 Å². The summed E-state index contributed by atoms with van der Waals surface area (Å²) in [6, 6.07) is 2.02. The molecule has 0 spiro atoms. The molecular formula is C11H15N5O. The molecule has 1 aromatic heterocycles. The molecule has 0 fully saturated rings. The first-order chi connectivity index (χ1) is 8.06. The maximum atomic E-state index is 12.1. The molecule has 0 bridgehead atoms. The van der Waals surface area contributed by atoms with Crippen molar-refractivity contribution >= 4 is 11.7 Å². The standard InChI is InChI=1S/C11H15N5O/c1-8(2)16(5-3-4-12)11(17)9-6-14-7-10(13)15-9/h6-8H,3,5H2,1-2H3,(H2,13,15). The van der Waals surface area contributed by atoms with Gasteiger partial charge in [0, 0.05) is 12.6 Å². The average molecular weight is 233 g/mol. The van der Waals surface area contributed by atoms with Gasteiger partial charge >= 0.3 is 0 Å². The van der Waals surface area contributed by atoms with E-state index < -0.39 is 0 Å². The van der Waals surface area contributed by atoms with Gasteiger partial charge in [0.05, 0.1) is 24.9 Å². The van der Waals surface area contributed by atoms with Gasteiger partial charge in [-0.05, 0) is 13.8 Å². The van der Waals surface area contributed by atoms with Gasteiger partial charge in [-0.15, -0.1) is 0 Å². The first-order valence-electron chi connectivity index (χ1n) is 5.31. The lowest BCUT2D eigenvalue weighted by Gasteiger charge is -2.25. The topological polar surface area (TPSA) is 95.9 Å². The van der Waals surface area contributed by atoms with Crippen molar-refractivity contribution in [3.8, 4) is 6.07 Å². The molecule has 1 rings (SSSR count). The lowest BCUT2D eigenvalue weighted by Crippen LogP contribution is -2.38. The Balaban J connectivity index is 2.88. The van der Waals surface area contributed by atoms with E-state index in [1.54, 1.807) is 4.90 Å². The smallest absolute Gasteiger partial charge is 0.274 e. The molecule has 0 aliphatic rings. The first kappa shape index (κ1) is 12.9. The van der Waals surface area contributed by atoms with Crippen molar-refractivity contribution in [2.24, 2.45) is 0 Å². The largest absolute Gasteiger partial charge is 0.382 e. The van der Waals surface area contributed by atoms with Gasteiger partial charge in [-0.2, -0.15) is 5.26 Å². The number of hydrogen-bond acceptors (Lipinski definition) is 5. The fraction of sp³-hybridized carbons (Fsp3) is 0.455. The highest BCUT2D eigenvalue weighted by molar-refractivity contribution is 5.92. The molecule has 0 radical (unpaired) electrons. The Bertz CT molecular complexity index is 438. The van der Waals surface area contributed by atoms with E-state index in [0.29, 0.717) is 13.0 Å². The van der Waals surface area contributed by atoms with Crippen LogP contribution in [0.1, 0.15) is 30.8 Å². The number of rotatable bonds is 4. The second kappa shape index (κ2) is 5.80. The van der Waals surface area contributed by atoms with Crippen LogP contribution in [0.3, 0.4) is 0 Å². The lowest BCUT2D eigenvalue weighted by atomic mass is 10.2. The van der Waals surface area contributed by atoms with Crippen molar-refractivity contribution in [3.63, 3.8) is 0 Å². The van der Waals surface area contributed by atoms with Gasteiger partial charge in [0.2, 0.25) is 0 Å². The number of amides is 1. The number of carbonyl (C=O) groups excluding carboxylic acids is 1. The first-order valence-corrected chi connectivity index (χ1v) is 5.31. The molecule has 6 nitrogen and oxygen atoms in total. The highest BCUT2D eigenvalue weighted by Crippen LogP contribution is 2.07. The summed E-state index contributed by atoms with van der Waals surface area (Å²) in [6.45, 7) is 4.15. The third kappa shape index (κ3) is 3.41. The minimum Gasteiger partial charge on any atom is -0.382 e. The second-order valence-electron chi connectivity index (χ2n) is 3.83. The molecule has 6 heteroatoms. The number of carbonyl (C=O) groups is 1. The molecule has 0 aromatic carbocycles. The molecule has 1 heterocycles. The van der Waals surface area contributed by atoms with E-state index in [-0.39, 0.29) is 23.5 Å². The Morgan fingerprint density at radius 2 is 2.29 bits per heavy atom. The van der Waals surface area contributed by atoms with Crippen molar-refractivity contribution in [2.75, 3.05) is 12.3 Å². The highest BCUT2D eigenvalue weighted by Gasteiger charge is 2.19. The Kier molecular flexibility index (Phi) is 4.40. The Hall–Kier alpha value is -2.16. The molecule has 1 aromatic rings. The van der Waals surface area contributed by atoms with Gasteiger partial charge in [0.15, 0.2) is 0 Å². The normalized spacial score (nSPS) is 10.0. The molecule has 1 amide bonds. The van der Waals surface area contributed by atoms with Gasteiger partial charge < -0.3 is 10.6 Å². The van der Waals surface area contributed by atoms with Crippen LogP contribution in [0.5, 0.6) is 0 Å². The van der Waals surface area contributed by atoms with E-state index >= 15 is 0 Å². The minimum absolute atomic E-state index is 0.000851. The Labute approximate surface area is 100 Å². The van der Waals surface area contributed by atoms with E-state index in [4.69, 9.17) is 11.0 Å². The van der Waals surface area contributed by atoms with Gasteiger partial charge in [-0.25, -0.2) is 4.98 Å². The molecule has 0 aliphatic carbocycles. The molecule has 0 saturated heterocycles. The monoisotopic (exact) mass is 233 g/mol. The number of anilines is 1. The van der Waals surface area contributed by atoms with Crippen LogP contribution < -0.4 is 5.73 Å². The quantitative estimate of drug-likeness (QED) is 0.830. The van der Waals surface area contributed by atoms with Gasteiger partial charge in [0.25, 0.3) is 5.91 Å². The molecule has 0 aliphatic heterocycles. The summed E-state index contributed by atoms with van der Waals surface area (Å²) in [4.78, 5) is 21.4. The summed E-state index contributed by atoms with van der Waals surface area (Å²) < 4.78 is 0. The molecule has 17 heavy (non-hydrogen) atoms. The third-order valence-corrected chi connectivity index (χ3v) is 2.22. The van der Waals surface area contributed by atoms with Crippen LogP contribution in [-0.2, 0) is 0 Å². The number of nitrogens with zero attached hydrogens (tertiary/aromatic N) is 4. The predicted molar refractivity (Wildman–Crippen MR) is 62.8 cm³/mol. The molecule has 2 N–H and O–H groups in total. The van der Waals surface area contributed by atoms with Crippen LogP contribution in [-0.4, -0.2) is 33.4 Å². The summed E-state index contributed by atoms with van der Waals surface area (Å²) in [7, 11) is 0. The minimum atomic E-state index is -0.255. The van der Waals surface area contributed by atoms with Crippen LogP contribution in [0.2, 0.25) is 0 Å². The average Bonchev–Trinajstić information content (AvgIpc) is 2.29. The SMILES string of the molecule is CC(C)N(CCC#N)C(=O)c1cncc(N)n1. The Morgan fingerprint density at radius 1 is 1.59 bits per heavy atom. The van der Waals surface area contributed by atoms with Crippen molar-refractivity contribution in [2.45, 2.75) is 26.3 Å². The maximum Gasteiger partial charge on any atom is 0.274 e. The lowest BCUT2D eigenvalue weighted by molar-refractivity contribution is 0.0704. The molecular weight excluding hydrogens is 218 g/mol. The zero-order chi connectivity index (χ0) is 12.8. The van der Waals surface area contributed by atoms with Crippen LogP contribution >= 0.6 is 0 Å². The number of nitriles is 1. The van der Waals surface area contributed by atoms with Gasteiger partial charge in [-0.3, -0.25) is 9.78 Å². The van der Waals surface area contributed by atoms with Crippen LogP contribution in [0, 0.1) is 11.3 Å². The van der Waals surface area contributed by atoms with E-state index in [9.17, 15) is 4.79 Å². The number of nitrogen functional groups attached to an aromatic ring is 1.